The SMILES string of the molecule is Cc1ccc(CCC(=O)N2CC[C@H](CO)[C@H](O)C2)c(C)c1. The number of aliphatic hydroxyl groups is 2. The molecule has 1 heterocycles. The molecule has 0 aliphatic carbocycles. The number of aryl methyl sites for hydroxylation is 3. The van der Waals surface area contributed by atoms with Gasteiger partial charge in [-0.3, -0.25) is 4.79 Å². The lowest BCUT2D eigenvalue weighted by atomic mass is 9.94. The number of carbonyl (C=O) groups excluding carboxylic acids is 1. The van der Waals surface area contributed by atoms with Crippen LogP contribution in [0.15, 0.2) is 18.2 Å². The number of likely N-dealkylation sites (tertiary alicyclic amines) is 1. The van der Waals surface area contributed by atoms with Crippen molar-refractivity contribution >= 4 is 5.91 Å². The predicted octanol–water partition coefficient (Wildman–Crippen LogP) is 1.44. The van der Waals surface area contributed by atoms with Gasteiger partial charge in [0, 0.05) is 32.0 Å². The molecule has 0 saturated carbocycles. The predicted molar refractivity (Wildman–Crippen MR) is 82.0 cm³/mol. The van der Waals surface area contributed by atoms with Crippen molar-refractivity contribution in [3.8, 4) is 0 Å². The molecule has 1 aromatic rings. The van der Waals surface area contributed by atoms with Crippen molar-refractivity contribution in [2.75, 3.05) is 19.7 Å². The van der Waals surface area contributed by atoms with Crippen molar-refractivity contribution in [2.45, 2.75) is 39.2 Å². The Morgan fingerprint density at radius 1 is 1.38 bits per heavy atom. The van der Waals surface area contributed by atoms with Crippen LogP contribution in [0.5, 0.6) is 0 Å². The lowest BCUT2D eigenvalue weighted by Crippen LogP contribution is -2.47. The van der Waals surface area contributed by atoms with Crippen molar-refractivity contribution in [2.24, 2.45) is 5.92 Å². The molecule has 0 spiro atoms. The van der Waals surface area contributed by atoms with Crippen LogP contribution in [-0.2, 0) is 11.2 Å². The van der Waals surface area contributed by atoms with Crippen molar-refractivity contribution in [1.82, 2.24) is 4.90 Å². The average molecular weight is 291 g/mol. The fraction of sp³-hybridized carbons (Fsp3) is 0.588. The van der Waals surface area contributed by atoms with Crippen molar-refractivity contribution in [3.63, 3.8) is 0 Å². The standard InChI is InChI=1S/C17H25NO3/c1-12-3-4-14(13(2)9-12)5-6-17(21)18-8-7-15(11-19)16(20)10-18/h3-4,9,15-16,19-20H,5-8,10-11H2,1-2H3/t15-,16-/m1/s1. The molecule has 1 aliphatic heterocycles. The lowest BCUT2D eigenvalue weighted by Gasteiger charge is -2.35. The van der Waals surface area contributed by atoms with Gasteiger partial charge in [-0.25, -0.2) is 0 Å². The van der Waals surface area contributed by atoms with E-state index in [1.54, 1.807) is 4.90 Å². The summed E-state index contributed by atoms with van der Waals surface area (Å²) in [5.41, 5.74) is 3.67. The highest BCUT2D eigenvalue weighted by molar-refractivity contribution is 5.76. The molecule has 0 bridgehead atoms. The van der Waals surface area contributed by atoms with Crippen LogP contribution in [-0.4, -0.2) is 46.8 Å². The summed E-state index contributed by atoms with van der Waals surface area (Å²) in [5.74, 6) is -0.00110. The van der Waals surface area contributed by atoms with Crippen LogP contribution >= 0.6 is 0 Å². The normalized spacial score (nSPS) is 22.4. The molecule has 1 saturated heterocycles. The number of amides is 1. The quantitative estimate of drug-likeness (QED) is 0.882. The molecule has 4 heteroatoms. The van der Waals surface area contributed by atoms with Gasteiger partial charge in [0.1, 0.15) is 0 Å². The molecular formula is C17H25NO3. The first-order chi connectivity index (χ1) is 10.0. The van der Waals surface area contributed by atoms with Gasteiger partial charge in [-0.1, -0.05) is 23.8 Å². The molecule has 21 heavy (non-hydrogen) atoms. The number of aliphatic hydroxyl groups excluding tert-OH is 2. The molecule has 0 radical (unpaired) electrons. The van der Waals surface area contributed by atoms with Crippen molar-refractivity contribution in [1.29, 1.82) is 0 Å². The molecule has 1 aliphatic rings. The minimum absolute atomic E-state index is 0.00818. The Morgan fingerprint density at radius 2 is 2.14 bits per heavy atom. The fourth-order valence-corrected chi connectivity index (χ4v) is 2.95. The Morgan fingerprint density at radius 3 is 2.76 bits per heavy atom. The second-order valence-corrected chi connectivity index (χ2v) is 6.07. The van der Waals surface area contributed by atoms with E-state index < -0.39 is 6.10 Å². The van der Waals surface area contributed by atoms with Gasteiger partial charge in [0.25, 0.3) is 0 Å². The number of nitrogens with zero attached hydrogens (tertiary/aromatic N) is 1. The first-order valence-electron chi connectivity index (χ1n) is 7.64. The Balaban J connectivity index is 1.87. The Hall–Kier alpha value is -1.39. The third kappa shape index (κ3) is 4.05. The maximum absolute atomic E-state index is 12.2. The zero-order valence-electron chi connectivity index (χ0n) is 12.9. The molecule has 116 valence electrons. The van der Waals surface area contributed by atoms with E-state index in [1.165, 1.54) is 16.7 Å². The zero-order chi connectivity index (χ0) is 15.4. The average Bonchev–Trinajstić information content (AvgIpc) is 2.46. The van der Waals surface area contributed by atoms with Gasteiger partial charge in [0.15, 0.2) is 0 Å². The van der Waals surface area contributed by atoms with Gasteiger partial charge in [-0.2, -0.15) is 0 Å². The molecule has 0 aromatic heterocycles. The van der Waals surface area contributed by atoms with Crippen molar-refractivity contribution in [3.05, 3.63) is 34.9 Å². The molecule has 2 atom stereocenters. The van der Waals surface area contributed by atoms with E-state index in [-0.39, 0.29) is 18.4 Å². The highest BCUT2D eigenvalue weighted by Crippen LogP contribution is 2.19. The van der Waals surface area contributed by atoms with E-state index in [4.69, 9.17) is 5.11 Å². The van der Waals surface area contributed by atoms with Crippen LogP contribution in [0.2, 0.25) is 0 Å². The van der Waals surface area contributed by atoms with E-state index in [0.717, 1.165) is 6.42 Å². The van der Waals surface area contributed by atoms with Gasteiger partial charge in [0.05, 0.1) is 6.10 Å². The zero-order valence-corrected chi connectivity index (χ0v) is 12.9. The second-order valence-electron chi connectivity index (χ2n) is 6.07. The fourth-order valence-electron chi connectivity index (χ4n) is 2.95. The first kappa shape index (κ1) is 16.0. The third-order valence-corrected chi connectivity index (χ3v) is 4.41. The maximum Gasteiger partial charge on any atom is 0.222 e. The van der Waals surface area contributed by atoms with Crippen LogP contribution in [0.25, 0.3) is 0 Å². The molecule has 0 unspecified atom stereocenters. The van der Waals surface area contributed by atoms with Crippen LogP contribution < -0.4 is 0 Å². The van der Waals surface area contributed by atoms with Gasteiger partial charge >= 0.3 is 0 Å². The number of carbonyl (C=O) groups is 1. The van der Waals surface area contributed by atoms with E-state index in [1.807, 2.05) is 0 Å². The maximum atomic E-state index is 12.2. The van der Waals surface area contributed by atoms with Crippen LogP contribution in [0.3, 0.4) is 0 Å². The summed E-state index contributed by atoms with van der Waals surface area (Å²) < 4.78 is 0. The molecule has 1 aromatic carbocycles. The Kier molecular flexibility index (Phi) is 5.37. The largest absolute Gasteiger partial charge is 0.396 e. The number of hydrogen-bond donors (Lipinski definition) is 2. The minimum atomic E-state index is -0.603. The number of piperidine rings is 1. The molecule has 2 N–H and O–H groups in total. The summed E-state index contributed by atoms with van der Waals surface area (Å²) in [5, 5.41) is 19.0. The summed E-state index contributed by atoms with van der Waals surface area (Å²) in [7, 11) is 0. The Bertz CT molecular complexity index is 501. The topological polar surface area (TPSA) is 60.8 Å². The number of benzene rings is 1. The summed E-state index contributed by atoms with van der Waals surface area (Å²) in [6, 6.07) is 6.30. The highest BCUT2D eigenvalue weighted by atomic mass is 16.3. The molecule has 1 amide bonds. The lowest BCUT2D eigenvalue weighted by molar-refractivity contribution is -0.136. The summed E-state index contributed by atoms with van der Waals surface area (Å²) in [6.45, 7) is 5.11. The molecule has 1 fully saturated rings. The van der Waals surface area contributed by atoms with Crippen LogP contribution in [0.1, 0.15) is 29.5 Å². The first-order valence-corrected chi connectivity index (χ1v) is 7.64. The third-order valence-electron chi connectivity index (χ3n) is 4.41. The van der Waals surface area contributed by atoms with Crippen LogP contribution in [0, 0.1) is 19.8 Å². The van der Waals surface area contributed by atoms with E-state index in [0.29, 0.717) is 25.9 Å². The monoisotopic (exact) mass is 291 g/mol. The highest BCUT2D eigenvalue weighted by Gasteiger charge is 2.29. The van der Waals surface area contributed by atoms with E-state index >= 15 is 0 Å². The van der Waals surface area contributed by atoms with Gasteiger partial charge < -0.3 is 15.1 Å². The van der Waals surface area contributed by atoms with Gasteiger partial charge in [0.2, 0.25) is 5.91 Å². The van der Waals surface area contributed by atoms with Gasteiger partial charge in [-0.15, -0.1) is 0 Å². The Labute approximate surface area is 126 Å². The minimum Gasteiger partial charge on any atom is -0.396 e. The summed E-state index contributed by atoms with van der Waals surface area (Å²) in [4.78, 5) is 14.0. The van der Waals surface area contributed by atoms with E-state index in [2.05, 4.69) is 32.0 Å². The summed E-state index contributed by atoms with van der Waals surface area (Å²) >= 11 is 0. The number of hydrogen-bond acceptors (Lipinski definition) is 3. The number of rotatable bonds is 4. The number of β-amino-alcohol motifs (C(OH)–C–C–N with tert-alkyl or cyclic N) is 1. The smallest absolute Gasteiger partial charge is 0.222 e. The summed E-state index contributed by atoms with van der Waals surface area (Å²) in [6.07, 6.45) is 1.28. The molecule has 2 rings (SSSR count). The van der Waals surface area contributed by atoms with E-state index in [9.17, 15) is 9.90 Å². The van der Waals surface area contributed by atoms with Crippen LogP contribution in [0.4, 0.5) is 0 Å². The molecule has 4 nitrogen and oxygen atoms in total. The van der Waals surface area contributed by atoms with Gasteiger partial charge in [-0.05, 0) is 37.8 Å². The molecular weight excluding hydrogens is 266 g/mol. The second kappa shape index (κ2) is 7.05. The van der Waals surface area contributed by atoms with Crippen molar-refractivity contribution < 1.29 is 15.0 Å².